The molecule has 0 aliphatic heterocycles. The summed E-state index contributed by atoms with van der Waals surface area (Å²) in [7, 11) is 0. The van der Waals surface area contributed by atoms with Crippen molar-refractivity contribution in [3.05, 3.63) is 35.4 Å². The highest BCUT2D eigenvalue weighted by Gasteiger charge is 2.11. The van der Waals surface area contributed by atoms with Crippen LogP contribution < -0.4 is 0 Å². The van der Waals surface area contributed by atoms with Crippen LogP contribution in [0.5, 0.6) is 0 Å². The fourth-order valence-corrected chi connectivity index (χ4v) is 1.30. The highest BCUT2D eigenvalue weighted by molar-refractivity contribution is 5.33. The number of nitrogens with zero attached hydrogens (tertiary/aromatic N) is 1. The second kappa shape index (κ2) is 6.18. The van der Waals surface area contributed by atoms with Crippen molar-refractivity contribution in [3.8, 4) is 6.07 Å². The summed E-state index contributed by atoms with van der Waals surface area (Å²) < 4.78 is 10.9. The molecule has 80 valence electrons. The van der Waals surface area contributed by atoms with Crippen molar-refractivity contribution in [3.63, 3.8) is 0 Å². The molecule has 0 aromatic heterocycles. The number of nitriles is 1. The Hall–Kier alpha value is -1.37. The van der Waals surface area contributed by atoms with E-state index in [-0.39, 0.29) is 6.29 Å². The number of hydrogen-bond acceptors (Lipinski definition) is 3. The molecule has 1 aromatic rings. The highest BCUT2D eigenvalue weighted by Crippen LogP contribution is 2.19. The maximum Gasteiger partial charge on any atom is 0.183 e. The number of hydrogen-bond donors (Lipinski definition) is 0. The van der Waals surface area contributed by atoms with Gasteiger partial charge in [0.1, 0.15) is 0 Å². The van der Waals surface area contributed by atoms with E-state index < -0.39 is 0 Å². The molecule has 0 N–H and O–H groups in total. The summed E-state index contributed by atoms with van der Waals surface area (Å²) >= 11 is 0. The van der Waals surface area contributed by atoms with Crippen LogP contribution in [0.3, 0.4) is 0 Å². The van der Waals surface area contributed by atoms with Crippen LogP contribution in [0.1, 0.15) is 31.3 Å². The third-order valence-electron chi connectivity index (χ3n) is 1.92. The molecule has 15 heavy (non-hydrogen) atoms. The lowest BCUT2D eigenvalue weighted by Crippen LogP contribution is -2.08. The van der Waals surface area contributed by atoms with E-state index in [4.69, 9.17) is 14.7 Å². The standard InChI is InChI=1S/C12H15NO2/c1-3-14-12(15-4-2)11-7-5-6-10(8-11)9-13/h5-8,12H,3-4H2,1-2H3. The summed E-state index contributed by atoms with van der Waals surface area (Å²) in [6, 6.07) is 9.38. The lowest BCUT2D eigenvalue weighted by atomic mass is 10.1. The van der Waals surface area contributed by atoms with Crippen LogP contribution in [0.4, 0.5) is 0 Å². The molecule has 0 amide bonds. The molecule has 1 rings (SSSR count). The lowest BCUT2D eigenvalue weighted by Gasteiger charge is -2.17. The van der Waals surface area contributed by atoms with Gasteiger partial charge in [-0.15, -0.1) is 0 Å². The predicted octanol–water partition coefficient (Wildman–Crippen LogP) is 2.63. The van der Waals surface area contributed by atoms with E-state index in [1.807, 2.05) is 26.0 Å². The zero-order valence-electron chi connectivity index (χ0n) is 9.06. The van der Waals surface area contributed by atoms with Crippen molar-refractivity contribution in [1.82, 2.24) is 0 Å². The van der Waals surface area contributed by atoms with Crippen molar-refractivity contribution in [1.29, 1.82) is 5.26 Å². The molecule has 1 aromatic carbocycles. The van der Waals surface area contributed by atoms with Crippen molar-refractivity contribution in [2.75, 3.05) is 13.2 Å². The summed E-state index contributed by atoms with van der Waals surface area (Å²) in [5.41, 5.74) is 1.51. The van der Waals surface area contributed by atoms with Gasteiger partial charge in [0.2, 0.25) is 0 Å². The maximum absolute atomic E-state index is 8.77. The van der Waals surface area contributed by atoms with Gasteiger partial charge in [-0.2, -0.15) is 5.26 Å². The molecule has 0 saturated heterocycles. The van der Waals surface area contributed by atoms with Crippen LogP contribution in [0.15, 0.2) is 24.3 Å². The first-order valence-corrected chi connectivity index (χ1v) is 5.05. The van der Waals surface area contributed by atoms with E-state index in [9.17, 15) is 0 Å². The van der Waals surface area contributed by atoms with E-state index in [0.717, 1.165) is 5.56 Å². The number of benzene rings is 1. The first-order valence-electron chi connectivity index (χ1n) is 5.05. The normalized spacial score (nSPS) is 10.3. The Bertz CT molecular complexity index is 338. The van der Waals surface area contributed by atoms with Gasteiger partial charge in [-0.3, -0.25) is 0 Å². The molecule has 0 aliphatic rings. The van der Waals surface area contributed by atoms with E-state index in [1.54, 1.807) is 12.1 Å². The molecular formula is C12H15NO2. The third kappa shape index (κ3) is 3.35. The monoisotopic (exact) mass is 205 g/mol. The van der Waals surface area contributed by atoms with Crippen LogP contribution in [0.2, 0.25) is 0 Å². The van der Waals surface area contributed by atoms with Crippen molar-refractivity contribution in [2.24, 2.45) is 0 Å². The Morgan fingerprint density at radius 3 is 2.47 bits per heavy atom. The molecule has 0 saturated carbocycles. The second-order valence-electron chi connectivity index (χ2n) is 2.98. The van der Waals surface area contributed by atoms with E-state index in [2.05, 4.69) is 6.07 Å². The SMILES string of the molecule is CCOC(OCC)c1cccc(C#N)c1. The fraction of sp³-hybridized carbons (Fsp3) is 0.417. The summed E-state index contributed by atoms with van der Waals surface area (Å²) in [6.45, 7) is 5.00. The van der Waals surface area contributed by atoms with Gasteiger partial charge in [0.05, 0.1) is 11.6 Å². The third-order valence-corrected chi connectivity index (χ3v) is 1.92. The smallest absolute Gasteiger partial charge is 0.183 e. The summed E-state index contributed by atoms with van der Waals surface area (Å²) in [4.78, 5) is 0. The molecule has 0 spiro atoms. The van der Waals surface area contributed by atoms with Gasteiger partial charge in [-0.05, 0) is 26.0 Å². The first kappa shape index (κ1) is 11.7. The molecule has 0 bridgehead atoms. The minimum Gasteiger partial charge on any atom is -0.349 e. The lowest BCUT2D eigenvalue weighted by molar-refractivity contribution is -0.140. The summed E-state index contributed by atoms with van der Waals surface area (Å²) in [5.74, 6) is 0. The molecular weight excluding hydrogens is 190 g/mol. The van der Waals surface area contributed by atoms with E-state index in [1.165, 1.54) is 0 Å². The Morgan fingerprint density at radius 1 is 1.27 bits per heavy atom. The largest absolute Gasteiger partial charge is 0.349 e. The van der Waals surface area contributed by atoms with Gasteiger partial charge in [-0.25, -0.2) is 0 Å². The topological polar surface area (TPSA) is 42.2 Å². The average Bonchev–Trinajstić information content (AvgIpc) is 2.29. The van der Waals surface area contributed by atoms with Crippen LogP contribution in [0, 0.1) is 11.3 Å². The van der Waals surface area contributed by atoms with Gasteiger partial charge in [0, 0.05) is 18.8 Å². The Labute approximate surface area is 90.2 Å². The van der Waals surface area contributed by atoms with Crippen molar-refractivity contribution < 1.29 is 9.47 Å². The maximum atomic E-state index is 8.77. The number of rotatable bonds is 5. The molecule has 0 radical (unpaired) electrons. The molecule has 0 aliphatic carbocycles. The predicted molar refractivity (Wildman–Crippen MR) is 57.2 cm³/mol. The molecule has 0 unspecified atom stereocenters. The minimum atomic E-state index is -0.367. The van der Waals surface area contributed by atoms with Crippen LogP contribution >= 0.6 is 0 Å². The fourth-order valence-electron chi connectivity index (χ4n) is 1.30. The summed E-state index contributed by atoms with van der Waals surface area (Å²) in [5, 5.41) is 8.77. The molecule has 0 fully saturated rings. The van der Waals surface area contributed by atoms with Gasteiger partial charge < -0.3 is 9.47 Å². The zero-order chi connectivity index (χ0) is 11.1. The van der Waals surface area contributed by atoms with E-state index >= 15 is 0 Å². The van der Waals surface area contributed by atoms with Gasteiger partial charge in [-0.1, -0.05) is 12.1 Å². The molecule has 3 nitrogen and oxygen atoms in total. The zero-order valence-corrected chi connectivity index (χ0v) is 9.06. The van der Waals surface area contributed by atoms with Gasteiger partial charge in [0.15, 0.2) is 6.29 Å². The van der Waals surface area contributed by atoms with Gasteiger partial charge in [0.25, 0.3) is 0 Å². The van der Waals surface area contributed by atoms with Crippen molar-refractivity contribution in [2.45, 2.75) is 20.1 Å². The van der Waals surface area contributed by atoms with Gasteiger partial charge >= 0.3 is 0 Å². The van der Waals surface area contributed by atoms with Crippen LogP contribution in [-0.4, -0.2) is 13.2 Å². The molecule has 3 heteroatoms. The Kier molecular flexibility index (Phi) is 4.82. The van der Waals surface area contributed by atoms with Crippen LogP contribution in [0.25, 0.3) is 0 Å². The first-order chi connectivity index (χ1) is 7.31. The quantitative estimate of drug-likeness (QED) is 0.694. The van der Waals surface area contributed by atoms with E-state index in [0.29, 0.717) is 18.8 Å². The minimum absolute atomic E-state index is 0.367. The Morgan fingerprint density at radius 2 is 1.93 bits per heavy atom. The molecule has 0 atom stereocenters. The average molecular weight is 205 g/mol. The highest BCUT2D eigenvalue weighted by atomic mass is 16.7. The Balaban J connectivity index is 2.85. The second-order valence-corrected chi connectivity index (χ2v) is 2.98. The van der Waals surface area contributed by atoms with Crippen LogP contribution in [-0.2, 0) is 9.47 Å². The number of ether oxygens (including phenoxy) is 2. The molecule has 0 heterocycles. The summed E-state index contributed by atoms with van der Waals surface area (Å²) in [6.07, 6.45) is -0.367. The van der Waals surface area contributed by atoms with Crippen molar-refractivity contribution >= 4 is 0 Å².